The van der Waals surface area contributed by atoms with Gasteiger partial charge in [-0.2, -0.15) is 9.61 Å². The van der Waals surface area contributed by atoms with Crippen molar-refractivity contribution in [1.82, 2.24) is 14.6 Å². The topological polar surface area (TPSA) is 51.5 Å². The second kappa shape index (κ2) is 7.35. The molecule has 0 saturated carbocycles. The Bertz CT molecular complexity index is 1120. The number of hydrogen-bond acceptors (Lipinski definition) is 4. The molecule has 0 unspecified atom stereocenters. The Balaban J connectivity index is 1.84. The summed E-state index contributed by atoms with van der Waals surface area (Å²) in [5.74, 6) is 1.74. The smallest absolute Gasteiger partial charge is 0.165 e. The van der Waals surface area contributed by atoms with Gasteiger partial charge in [0.15, 0.2) is 5.65 Å². The molecule has 0 aliphatic heterocycles. The summed E-state index contributed by atoms with van der Waals surface area (Å²) in [6, 6.07) is 20.5. The summed E-state index contributed by atoms with van der Waals surface area (Å²) >= 11 is 0. The Labute approximate surface area is 165 Å². The lowest BCUT2D eigenvalue weighted by molar-refractivity contribution is 0.416. The average Bonchev–Trinajstić information content (AvgIpc) is 3.04. The number of methoxy groups -OCH3 is 1. The van der Waals surface area contributed by atoms with E-state index in [2.05, 4.69) is 36.5 Å². The molecule has 5 nitrogen and oxygen atoms in total. The normalized spacial score (nSPS) is 12.1. The molecule has 1 N–H and O–H groups in total. The van der Waals surface area contributed by atoms with Gasteiger partial charge in [0.2, 0.25) is 0 Å². The van der Waals surface area contributed by atoms with E-state index in [1.165, 1.54) is 5.56 Å². The highest BCUT2D eigenvalue weighted by atomic mass is 16.5. The number of aromatic nitrogens is 3. The molecular weight excluding hydrogens is 348 g/mol. The molecule has 0 aliphatic rings. The summed E-state index contributed by atoms with van der Waals surface area (Å²) in [7, 11) is 1.69. The maximum atomic E-state index is 5.58. The van der Waals surface area contributed by atoms with Crippen molar-refractivity contribution in [3.63, 3.8) is 0 Å². The first-order valence-corrected chi connectivity index (χ1v) is 9.40. The van der Waals surface area contributed by atoms with Crippen LogP contribution in [0.15, 0.2) is 60.7 Å². The predicted octanol–water partition coefficient (Wildman–Crippen LogP) is 5.19. The Morgan fingerprint density at radius 1 is 1.00 bits per heavy atom. The molecule has 2 aromatic carbocycles. The molecule has 0 radical (unpaired) electrons. The second-order valence-corrected chi connectivity index (χ2v) is 6.96. The minimum Gasteiger partial charge on any atom is -0.496 e. The van der Waals surface area contributed by atoms with Crippen LogP contribution in [0, 0.1) is 13.8 Å². The van der Waals surface area contributed by atoms with Crippen LogP contribution in [0.25, 0.3) is 16.8 Å². The maximum Gasteiger partial charge on any atom is 0.165 e. The molecule has 0 aliphatic carbocycles. The van der Waals surface area contributed by atoms with Crippen LogP contribution in [0.2, 0.25) is 0 Å². The monoisotopic (exact) mass is 372 g/mol. The Morgan fingerprint density at radius 3 is 2.46 bits per heavy atom. The molecule has 0 amide bonds. The van der Waals surface area contributed by atoms with Crippen molar-refractivity contribution in [3.05, 3.63) is 77.6 Å². The number of rotatable bonds is 5. The molecule has 0 saturated heterocycles. The highest BCUT2D eigenvalue weighted by molar-refractivity contribution is 5.84. The molecule has 1 atom stereocenters. The highest BCUT2D eigenvalue weighted by Gasteiger charge is 2.19. The van der Waals surface area contributed by atoms with Crippen LogP contribution in [0.5, 0.6) is 5.75 Å². The van der Waals surface area contributed by atoms with Crippen molar-refractivity contribution >= 4 is 11.5 Å². The van der Waals surface area contributed by atoms with Crippen LogP contribution >= 0.6 is 0 Å². The second-order valence-electron chi connectivity index (χ2n) is 6.96. The van der Waals surface area contributed by atoms with Gasteiger partial charge in [0.25, 0.3) is 0 Å². The van der Waals surface area contributed by atoms with Crippen LogP contribution in [-0.2, 0) is 0 Å². The van der Waals surface area contributed by atoms with Crippen molar-refractivity contribution in [2.24, 2.45) is 0 Å². The molecule has 4 aromatic rings. The van der Waals surface area contributed by atoms with Crippen molar-refractivity contribution in [2.75, 3.05) is 12.4 Å². The number of anilines is 1. The standard InChI is InChI=1S/C23H24N4O/c1-15-14-21(25-16(2)18-10-6-5-7-11-18)27-23(24-15)22(17(3)26-27)19-12-8-9-13-20(19)28-4/h5-14,16,25H,1-4H3/t16-/m0/s1. The minimum atomic E-state index is 0.144. The fourth-order valence-electron chi connectivity index (χ4n) is 3.56. The average molecular weight is 372 g/mol. The minimum absolute atomic E-state index is 0.144. The number of para-hydroxylation sites is 1. The van der Waals surface area contributed by atoms with Crippen molar-refractivity contribution in [2.45, 2.75) is 26.8 Å². The number of fused-ring (bicyclic) bond motifs is 1. The quantitative estimate of drug-likeness (QED) is 0.523. The number of aryl methyl sites for hydroxylation is 2. The highest BCUT2D eigenvalue weighted by Crippen LogP contribution is 2.35. The molecule has 2 aromatic heterocycles. The molecule has 5 heteroatoms. The van der Waals surface area contributed by atoms with Gasteiger partial charge in [0.1, 0.15) is 11.6 Å². The fourth-order valence-corrected chi connectivity index (χ4v) is 3.56. The van der Waals surface area contributed by atoms with E-state index in [9.17, 15) is 0 Å². The van der Waals surface area contributed by atoms with E-state index in [0.717, 1.165) is 39.7 Å². The van der Waals surface area contributed by atoms with E-state index >= 15 is 0 Å². The maximum absolute atomic E-state index is 5.58. The van der Waals surface area contributed by atoms with E-state index in [0.29, 0.717) is 0 Å². The first-order valence-electron chi connectivity index (χ1n) is 9.40. The Morgan fingerprint density at radius 2 is 1.71 bits per heavy atom. The third-order valence-electron chi connectivity index (χ3n) is 4.93. The third-order valence-corrected chi connectivity index (χ3v) is 4.93. The van der Waals surface area contributed by atoms with E-state index in [4.69, 9.17) is 14.8 Å². The van der Waals surface area contributed by atoms with Gasteiger partial charge < -0.3 is 10.1 Å². The number of ether oxygens (including phenoxy) is 1. The zero-order valence-corrected chi connectivity index (χ0v) is 16.6. The van der Waals surface area contributed by atoms with Crippen molar-refractivity contribution < 1.29 is 4.74 Å². The van der Waals surface area contributed by atoms with Crippen LogP contribution < -0.4 is 10.1 Å². The fraction of sp³-hybridized carbons (Fsp3) is 0.217. The van der Waals surface area contributed by atoms with Crippen molar-refractivity contribution in [3.8, 4) is 16.9 Å². The van der Waals surface area contributed by atoms with E-state index < -0.39 is 0 Å². The zero-order chi connectivity index (χ0) is 19.7. The largest absolute Gasteiger partial charge is 0.496 e. The molecule has 0 fully saturated rings. The molecule has 4 rings (SSSR count). The summed E-state index contributed by atoms with van der Waals surface area (Å²) in [5.41, 5.74) is 5.89. The lowest BCUT2D eigenvalue weighted by atomic mass is 10.1. The number of benzene rings is 2. The zero-order valence-electron chi connectivity index (χ0n) is 16.6. The molecule has 28 heavy (non-hydrogen) atoms. The first kappa shape index (κ1) is 18.0. The molecule has 2 heterocycles. The Kier molecular flexibility index (Phi) is 4.74. The lowest BCUT2D eigenvalue weighted by Gasteiger charge is -2.17. The van der Waals surface area contributed by atoms with Crippen LogP contribution in [0.4, 0.5) is 5.82 Å². The summed E-state index contributed by atoms with van der Waals surface area (Å²) in [4.78, 5) is 4.79. The summed E-state index contributed by atoms with van der Waals surface area (Å²) in [6.45, 7) is 6.16. The molecule has 0 spiro atoms. The van der Waals surface area contributed by atoms with E-state index in [1.54, 1.807) is 7.11 Å². The van der Waals surface area contributed by atoms with Gasteiger partial charge >= 0.3 is 0 Å². The Hall–Kier alpha value is -3.34. The number of nitrogens with one attached hydrogen (secondary N) is 1. The van der Waals surface area contributed by atoms with Gasteiger partial charge in [-0.05, 0) is 32.4 Å². The lowest BCUT2D eigenvalue weighted by Crippen LogP contribution is -2.11. The summed E-state index contributed by atoms with van der Waals surface area (Å²) in [5, 5.41) is 8.38. The summed E-state index contributed by atoms with van der Waals surface area (Å²) < 4.78 is 7.47. The van der Waals surface area contributed by atoms with Gasteiger partial charge in [0, 0.05) is 23.4 Å². The van der Waals surface area contributed by atoms with Gasteiger partial charge in [0.05, 0.1) is 18.4 Å². The summed E-state index contributed by atoms with van der Waals surface area (Å²) in [6.07, 6.45) is 0. The van der Waals surface area contributed by atoms with E-state index in [-0.39, 0.29) is 6.04 Å². The van der Waals surface area contributed by atoms with Crippen LogP contribution in [-0.4, -0.2) is 21.7 Å². The van der Waals surface area contributed by atoms with Gasteiger partial charge in [-0.15, -0.1) is 0 Å². The van der Waals surface area contributed by atoms with Gasteiger partial charge in [-0.25, -0.2) is 4.98 Å². The molecule has 142 valence electrons. The number of hydrogen-bond donors (Lipinski definition) is 1. The first-order chi connectivity index (χ1) is 13.6. The van der Waals surface area contributed by atoms with Gasteiger partial charge in [-0.3, -0.25) is 0 Å². The SMILES string of the molecule is COc1ccccc1-c1c(C)nn2c(N[C@@H](C)c3ccccc3)cc(C)nc12. The third kappa shape index (κ3) is 3.20. The van der Waals surface area contributed by atoms with E-state index in [1.807, 2.05) is 54.8 Å². The molecule has 0 bridgehead atoms. The van der Waals surface area contributed by atoms with Crippen molar-refractivity contribution in [1.29, 1.82) is 0 Å². The van der Waals surface area contributed by atoms with Crippen LogP contribution in [0.3, 0.4) is 0 Å². The molecular formula is C23H24N4O. The van der Waals surface area contributed by atoms with Gasteiger partial charge in [-0.1, -0.05) is 48.5 Å². The number of nitrogens with zero attached hydrogens (tertiary/aromatic N) is 3. The predicted molar refractivity (Wildman–Crippen MR) is 113 cm³/mol. The van der Waals surface area contributed by atoms with Crippen LogP contribution in [0.1, 0.15) is 29.9 Å².